The number of nitrogens with zero attached hydrogens (tertiary/aromatic N) is 2. The molecular weight excluding hydrogens is 430 g/mol. The van der Waals surface area contributed by atoms with E-state index in [0.29, 0.717) is 5.75 Å². The first-order chi connectivity index (χ1) is 14.2. The summed E-state index contributed by atoms with van der Waals surface area (Å²) in [7, 11) is -4.03. The summed E-state index contributed by atoms with van der Waals surface area (Å²) in [6.07, 6.45) is 2.35. The number of ether oxygens (including phenoxy) is 1. The third-order valence-electron chi connectivity index (χ3n) is 3.83. The smallest absolute Gasteiger partial charge is 0.261 e. The number of hydrogen-bond donors (Lipinski definition) is 2. The lowest BCUT2D eigenvalue weighted by Crippen LogP contribution is -2.17. The number of rotatable bonds is 7. The minimum absolute atomic E-state index is 0.0247. The zero-order valence-electron chi connectivity index (χ0n) is 16.0. The number of aromatic nitrogens is 2. The first-order valence-corrected chi connectivity index (χ1v) is 10.7. The van der Waals surface area contributed by atoms with Crippen LogP contribution in [0.3, 0.4) is 0 Å². The standard InChI is InChI=1S/C20H18ClN3O5S/c1-12(2)29-15-4-6-16(7-5-15)30(27,28)24-17-9-14(21)11-23-19(17)20(26)13-3-8-18(25)22-10-13/h3-12,24H,1-2H3,(H,22,25). The Balaban J connectivity index is 1.92. The maximum atomic E-state index is 12.8. The molecule has 1 aromatic carbocycles. The molecule has 2 aromatic heterocycles. The average Bonchev–Trinajstić information content (AvgIpc) is 2.68. The SMILES string of the molecule is CC(C)Oc1ccc(S(=O)(=O)Nc2cc(Cl)cnc2C(=O)c2ccc(O)nc2)cc1. The second kappa shape index (κ2) is 8.68. The van der Waals surface area contributed by atoms with Crippen molar-refractivity contribution in [2.45, 2.75) is 24.8 Å². The van der Waals surface area contributed by atoms with E-state index in [4.69, 9.17) is 16.3 Å². The van der Waals surface area contributed by atoms with Crippen LogP contribution in [0.15, 0.2) is 59.8 Å². The zero-order valence-corrected chi connectivity index (χ0v) is 17.6. The normalized spacial score (nSPS) is 11.3. The Morgan fingerprint density at radius 2 is 1.80 bits per heavy atom. The molecule has 3 rings (SSSR count). The number of nitrogens with one attached hydrogen (secondary N) is 1. The predicted octanol–water partition coefficient (Wildman–Crippen LogP) is 3.65. The van der Waals surface area contributed by atoms with Gasteiger partial charge in [-0.25, -0.2) is 18.4 Å². The van der Waals surface area contributed by atoms with Crippen molar-refractivity contribution < 1.29 is 23.1 Å². The Kier molecular flexibility index (Phi) is 6.23. The average molecular weight is 448 g/mol. The van der Waals surface area contributed by atoms with Gasteiger partial charge in [-0.1, -0.05) is 11.6 Å². The fourth-order valence-corrected chi connectivity index (χ4v) is 3.74. The molecule has 2 N–H and O–H groups in total. The minimum atomic E-state index is -4.03. The molecule has 0 bridgehead atoms. The van der Waals surface area contributed by atoms with Crippen LogP contribution in [0.1, 0.15) is 29.9 Å². The van der Waals surface area contributed by atoms with E-state index in [9.17, 15) is 18.3 Å². The highest BCUT2D eigenvalue weighted by Gasteiger charge is 2.22. The van der Waals surface area contributed by atoms with Crippen molar-refractivity contribution in [1.82, 2.24) is 9.97 Å². The summed E-state index contributed by atoms with van der Waals surface area (Å²) in [6.45, 7) is 3.72. The summed E-state index contributed by atoms with van der Waals surface area (Å²) in [5, 5.41) is 9.44. The molecule has 0 spiro atoms. The molecule has 0 unspecified atom stereocenters. The molecule has 0 aliphatic carbocycles. The first kappa shape index (κ1) is 21.5. The first-order valence-electron chi connectivity index (χ1n) is 8.80. The topological polar surface area (TPSA) is 118 Å². The maximum absolute atomic E-state index is 12.8. The predicted molar refractivity (Wildman–Crippen MR) is 112 cm³/mol. The number of aromatic hydroxyl groups is 1. The lowest BCUT2D eigenvalue weighted by molar-refractivity contribution is 0.103. The van der Waals surface area contributed by atoms with Crippen LogP contribution < -0.4 is 9.46 Å². The van der Waals surface area contributed by atoms with Crippen LogP contribution in [0.4, 0.5) is 5.69 Å². The highest BCUT2D eigenvalue weighted by molar-refractivity contribution is 7.92. The van der Waals surface area contributed by atoms with E-state index in [1.165, 1.54) is 42.7 Å². The van der Waals surface area contributed by atoms with Gasteiger partial charge < -0.3 is 9.84 Å². The molecular formula is C20H18ClN3O5S. The van der Waals surface area contributed by atoms with Crippen LogP contribution >= 0.6 is 11.6 Å². The Bertz CT molecular complexity index is 1160. The van der Waals surface area contributed by atoms with Gasteiger partial charge in [-0.3, -0.25) is 9.52 Å². The van der Waals surface area contributed by atoms with E-state index < -0.39 is 15.8 Å². The fraction of sp³-hybridized carbons (Fsp3) is 0.150. The van der Waals surface area contributed by atoms with Crippen molar-refractivity contribution in [1.29, 1.82) is 0 Å². The third kappa shape index (κ3) is 5.05. The molecule has 0 saturated carbocycles. The van der Waals surface area contributed by atoms with E-state index in [2.05, 4.69) is 14.7 Å². The molecule has 0 atom stereocenters. The second-order valence-corrected chi connectivity index (χ2v) is 8.65. The van der Waals surface area contributed by atoms with Gasteiger partial charge >= 0.3 is 0 Å². The highest BCUT2D eigenvalue weighted by atomic mass is 35.5. The summed E-state index contributed by atoms with van der Waals surface area (Å²) >= 11 is 5.96. The van der Waals surface area contributed by atoms with E-state index in [1.807, 2.05) is 13.8 Å². The molecule has 0 amide bonds. The van der Waals surface area contributed by atoms with Crippen LogP contribution in [-0.2, 0) is 10.0 Å². The highest BCUT2D eigenvalue weighted by Crippen LogP contribution is 2.25. The van der Waals surface area contributed by atoms with Crippen molar-refractivity contribution in [3.63, 3.8) is 0 Å². The van der Waals surface area contributed by atoms with Crippen molar-refractivity contribution in [3.8, 4) is 11.6 Å². The number of pyridine rings is 2. The Morgan fingerprint density at radius 1 is 1.10 bits per heavy atom. The van der Waals surface area contributed by atoms with Crippen molar-refractivity contribution in [2.75, 3.05) is 4.72 Å². The molecule has 0 saturated heterocycles. The van der Waals surface area contributed by atoms with Crippen LogP contribution in [0.5, 0.6) is 11.6 Å². The number of anilines is 1. The van der Waals surface area contributed by atoms with Crippen LogP contribution in [0.2, 0.25) is 5.02 Å². The number of hydrogen-bond acceptors (Lipinski definition) is 7. The minimum Gasteiger partial charge on any atom is -0.493 e. The van der Waals surface area contributed by atoms with E-state index >= 15 is 0 Å². The monoisotopic (exact) mass is 447 g/mol. The second-order valence-electron chi connectivity index (χ2n) is 6.53. The molecule has 8 nitrogen and oxygen atoms in total. The summed E-state index contributed by atoms with van der Waals surface area (Å²) in [6, 6.07) is 9.76. The zero-order chi connectivity index (χ0) is 21.9. The van der Waals surface area contributed by atoms with Crippen molar-refractivity contribution >= 4 is 33.1 Å². The third-order valence-corrected chi connectivity index (χ3v) is 5.42. The molecule has 30 heavy (non-hydrogen) atoms. The van der Waals surface area contributed by atoms with Gasteiger partial charge in [0.2, 0.25) is 11.7 Å². The summed E-state index contributed by atoms with van der Waals surface area (Å²) in [5.74, 6) is -0.303. The number of carbonyl (C=O) groups excluding carboxylic acids is 1. The fourth-order valence-electron chi connectivity index (χ4n) is 2.53. The number of ketones is 1. The number of carbonyl (C=O) groups is 1. The Labute approximate surface area is 178 Å². The molecule has 0 aliphatic rings. The van der Waals surface area contributed by atoms with Gasteiger partial charge in [0.25, 0.3) is 10.0 Å². The number of benzene rings is 1. The lowest BCUT2D eigenvalue weighted by atomic mass is 10.1. The van der Waals surface area contributed by atoms with Gasteiger partial charge in [-0.2, -0.15) is 0 Å². The van der Waals surface area contributed by atoms with Crippen LogP contribution in [0.25, 0.3) is 0 Å². The molecule has 156 valence electrons. The lowest BCUT2D eigenvalue weighted by Gasteiger charge is -2.13. The molecule has 0 radical (unpaired) electrons. The van der Waals surface area contributed by atoms with Gasteiger partial charge in [-0.05, 0) is 50.2 Å². The van der Waals surface area contributed by atoms with Crippen molar-refractivity contribution in [3.05, 3.63) is 71.1 Å². The van der Waals surface area contributed by atoms with Crippen LogP contribution in [0, 0.1) is 0 Å². The van der Waals surface area contributed by atoms with Gasteiger partial charge in [0, 0.05) is 24.0 Å². The van der Waals surface area contributed by atoms with Gasteiger partial charge in [0.05, 0.1) is 21.7 Å². The van der Waals surface area contributed by atoms with Gasteiger partial charge in [0.1, 0.15) is 11.4 Å². The maximum Gasteiger partial charge on any atom is 0.261 e. The Hall–Kier alpha value is -3.17. The summed E-state index contributed by atoms with van der Waals surface area (Å²) < 4.78 is 33.5. The van der Waals surface area contributed by atoms with E-state index in [1.54, 1.807) is 12.1 Å². The summed E-state index contributed by atoms with van der Waals surface area (Å²) in [4.78, 5) is 20.4. The molecule has 3 aromatic rings. The van der Waals surface area contributed by atoms with Gasteiger partial charge in [-0.15, -0.1) is 0 Å². The molecule has 0 fully saturated rings. The van der Waals surface area contributed by atoms with Crippen LogP contribution in [-0.4, -0.2) is 35.4 Å². The quantitative estimate of drug-likeness (QED) is 0.530. The van der Waals surface area contributed by atoms with Crippen molar-refractivity contribution in [2.24, 2.45) is 0 Å². The largest absolute Gasteiger partial charge is 0.493 e. The van der Waals surface area contributed by atoms with Gasteiger partial charge in [0.15, 0.2) is 0 Å². The molecule has 0 aliphatic heterocycles. The number of sulfonamides is 1. The van der Waals surface area contributed by atoms with E-state index in [0.717, 1.165) is 0 Å². The molecule has 10 heteroatoms. The Morgan fingerprint density at radius 3 is 2.40 bits per heavy atom. The molecule has 2 heterocycles. The number of halogens is 1. The summed E-state index contributed by atoms with van der Waals surface area (Å²) in [5.41, 5.74) is -0.114. The van der Waals surface area contributed by atoms with E-state index in [-0.39, 0.29) is 38.8 Å².